The van der Waals surface area contributed by atoms with Gasteiger partial charge >= 0.3 is 0 Å². The Labute approximate surface area is 142 Å². The van der Waals surface area contributed by atoms with Crippen LogP contribution in [0.25, 0.3) is 0 Å². The number of amides is 1. The number of halogens is 1. The van der Waals surface area contributed by atoms with Crippen molar-refractivity contribution >= 4 is 11.6 Å². The van der Waals surface area contributed by atoms with Gasteiger partial charge < -0.3 is 10.2 Å². The molecular formula is C20H23FN2O. The summed E-state index contributed by atoms with van der Waals surface area (Å²) >= 11 is 0. The van der Waals surface area contributed by atoms with Crippen LogP contribution in [-0.4, -0.2) is 25.5 Å². The molecule has 1 heterocycles. The van der Waals surface area contributed by atoms with Crippen LogP contribution in [0.4, 0.5) is 10.1 Å². The van der Waals surface area contributed by atoms with Crippen molar-refractivity contribution in [2.24, 2.45) is 0 Å². The number of benzene rings is 2. The Kier molecular flexibility index (Phi) is 5.14. The summed E-state index contributed by atoms with van der Waals surface area (Å²) < 4.78 is 13.6. The van der Waals surface area contributed by atoms with Crippen LogP contribution >= 0.6 is 0 Å². The monoisotopic (exact) mass is 326 g/mol. The van der Waals surface area contributed by atoms with E-state index in [1.807, 2.05) is 6.07 Å². The normalized spacial score (nSPS) is 13.5. The second-order valence-corrected chi connectivity index (χ2v) is 6.35. The lowest BCUT2D eigenvalue weighted by molar-refractivity contribution is -0.119. The molecule has 4 heteroatoms. The van der Waals surface area contributed by atoms with Crippen molar-refractivity contribution in [1.82, 2.24) is 5.32 Å². The average molecular weight is 326 g/mol. The lowest BCUT2D eigenvalue weighted by Gasteiger charge is -2.31. The number of rotatable bonds is 5. The highest BCUT2D eigenvalue weighted by Gasteiger charge is 2.18. The molecule has 1 aliphatic rings. The van der Waals surface area contributed by atoms with Gasteiger partial charge in [0.15, 0.2) is 0 Å². The van der Waals surface area contributed by atoms with Crippen molar-refractivity contribution in [3.05, 3.63) is 65.0 Å². The van der Waals surface area contributed by atoms with Crippen molar-refractivity contribution in [3.63, 3.8) is 0 Å². The first-order valence-electron chi connectivity index (χ1n) is 8.48. The molecule has 0 atom stereocenters. The molecule has 0 saturated heterocycles. The van der Waals surface area contributed by atoms with Crippen molar-refractivity contribution < 1.29 is 9.18 Å². The molecule has 0 bridgehead atoms. The second kappa shape index (κ2) is 7.47. The van der Waals surface area contributed by atoms with Gasteiger partial charge in [0.1, 0.15) is 5.82 Å². The highest BCUT2D eigenvalue weighted by atomic mass is 19.1. The highest BCUT2D eigenvalue weighted by molar-refractivity contribution is 5.82. The van der Waals surface area contributed by atoms with E-state index in [9.17, 15) is 9.18 Å². The van der Waals surface area contributed by atoms with Crippen LogP contribution in [0.3, 0.4) is 0 Å². The molecule has 0 radical (unpaired) electrons. The van der Waals surface area contributed by atoms with Gasteiger partial charge in [-0.15, -0.1) is 0 Å². The van der Waals surface area contributed by atoms with E-state index in [2.05, 4.69) is 35.3 Å². The molecule has 2 aromatic carbocycles. The summed E-state index contributed by atoms with van der Waals surface area (Å²) in [5, 5.41) is 2.90. The molecule has 3 rings (SSSR count). The van der Waals surface area contributed by atoms with E-state index in [4.69, 9.17) is 0 Å². The molecule has 0 spiro atoms. The van der Waals surface area contributed by atoms with Gasteiger partial charge in [-0.05, 0) is 49.4 Å². The standard InChI is InChI=1S/C20H23FN2O/c1-15-8-9-19-17(13-15)6-4-12-23(19)14-20(24)22-11-10-16-5-2-3-7-18(16)21/h2-3,5,7-9,13H,4,6,10-12,14H2,1H3,(H,22,24). The minimum absolute atomic E-state index is 0.0141. The van der Waals surface area contributed by atoms with Crippen molar-refractivity contribution in [2.75, 3.05) is 24.5 Å². The van der Waals surface area contributed by atoms with E-state index in [1.165, 1.54) is 17.2 Å². The molecule has 24 heavy (non-hydrogen) atoms. The minimum atomic E-state index is -0.216. The maximum absolute atomic E-state index is 13.6. The van der Waals surface area contributed by atoms with Crippen LogP contribution < -0.4 is 10.2 Å². The summed E-state index contributed by atoms with van der Waals surface area (Å²) in [5.41, 5.74) is 4.37. The van der Waals surface area contributed by atoms with Gasteiger partial charge in [-0.2, -0.15) is 0 Å². The molecule has 0 saturated carbocycles. The number of carbonyl (C=O) groups is 1. The fourth-order valence-corrected chi connectivity index (χ4v) is 3.24. The van der Waals surface area contributed by atoms with Gasteiger partial charge in [0.05, 0.1) is 6.54 Å². The van der Waals surface area contributed by atoms with E-state index in [0.717, 1.165) is 25.1 Å². The Morgan fingerprint density at radius 3 is 2.92 bits per heavy atom. The SMILES string of the molecule is Cc1ccc2c(c1)CCCN2CC(=O)NCCc1ccccc1F. The molecule has 1 amide bonds. The van der Waals surface area contributed by atoms with Gasteiger partial charge in [0.25, 0.3) is 0 Å². The summed E-state index contributed by atoms with van der Waals surface area (Å²) in [4.78, 5) is 14.4. The van der Waals surface area contributed by atoms with E-state index >= 15 is 0 Å². The van der Waals surface area contributed by atoms with E-state index in [1.54, 1.807) is 12.1 Å². The van der Waals surface area contributed by atoms with E-state index in [0.29, 0.717) is 25.1 Å². The Bertz CT molecular complexity index is 729. The molecular weight excluding hydrogens is 303 g/mol. The van der Waals surface area contributed by atoms with Crippen LogP contribution in [0.5, 0.6) is 0 Å². The van der Waals surface area contributed by atoms with E-state index in [-0.39, 0.29) is 11.7 Å². The fraction of sp³-hybridized carbons (Fsp3) is 0.350. The number of aryl methyl sites for hydroxylation is 2. The Morgan fingerprint density at radius 1 is 1.25 bits per heavy atom. The third-order valence-corrected chi connectivity index (χ3v) is 4.46. The quantitative estimate of drug-likeness (QED) is 0.915. The van der Waals surface area contributed by atoms with Crippen molar-refractivity contribution in [1.29, 1.82) is 0 Å². The minimum Gasteiger partial charge on any atom is -0.362 e. The molecule has 1 aliphatic heterocycles. The zero-order valence-electron chi connectivity index (χ0n) is 14.0. The van der Waals surface area contributed by atoms with E-state index < -0.39 is 0 Å². The molecule has 1 N–H and O–H groups in total. The molecule has 0 fully saturated rings. The van der Waals surface area contributed by atoms with Gasteiger partial charge in [0, 0.05) is 18.8 Å². The Hall–Kier alpha value is -2.36. The summed E-state index contributed by atoms with van der Waals surface area (Å²) in [6.45, 7) is 3.80. The number of hydrogen-bond donors (Lipinski definition) is 1. The zero-order chi connectivity index (χ0) is 16.9. The van der Waals surface area contributed by atoms with Crippen LogP contribution in [0.1, 0.15) is 23.1 Å². The lowest BCUT2D eigenvalue weighted by atomic mass is 9.99. The summed E-state index contributed by atoms with van der Waals surface area (Å²) in [5.74, 6) is -0.230. The third kappa shape index (κ3) is 3.94. The first-order chi connectivity index (χ1) is 11.6. The predicted molar refractivity (Wildman–Crippen MR) is 94.8 cm³/mol. The Morgan fingerprint density at radius 2 is 2.08 bits per heavy atom. The summed E-state index contributed by atoms with van der Waals surface area (Å²) in [7, 11) is 0. The van der Waals surface area contributed by atoms with Gasteiger partial charge in [0.2, 0.25) is 5.91 Å². The predicted octanol–water partition coefficient (Wildman–Crippen LogP) is 3.25. The molecule has 126 valence electrons. The first kappa shape index (κ1) is 16.5. The van der Waals surface area contributed by atoms with Crippen LogP contribution in [-0.2, 0) is 17.6 Å². The van der Waals surface area contributed by atoms with Gasteiger partial charge in [-0.1, -0.05) is 35.9 Å². The second-order valence-electron chi connectivity index (χ2n) is 6.35. The smallest absolute Gasteiger partial charge is 0.239 e. The fourth-order valence-electron chi connectivity index (χ4n) is 3.24. The first-order valence-corrected chi connectivity index (χ1v) is 8.48. The topological polar surface area (TPSA) is 32.3 Å². The Balaban J connectivity index is 1.54. The summed E-state index contributed by atoms with van der Waals surface area (Å²) in [6, 6.07) is 13.1. The maximum atomic E-state index is 13.6. The lowest BCUT2D eigenvalue weighted by Crippen LogP contribution is -2.40. The number of nitrogens with one attached hydrogen (secondary N) is 1. The number of fused-ring (bicyclic) bond motifs is 1. The molecule has 0 unspecified atom stereocenters. The van der Waals surface area contributed by atoms with Crippen LogP contribution in [0, 0.1) is 12.7 Å². The van der Waals surface area contributed by atoms with Crippen LogP contribution in [0.2, 0.25) is 0 Å². The number of nitrogens with zero attached hydrogens (tertiary/aromatic N) is 1. The molecule has 0 aromatic heterocycles. The molecule has 2 aromatic rings. The number of anilines is 1. The number of hydrogen-bond acceptors (Lipinski definition) is 2. The van der Waals surface area contributed by atoms with Crippen LogP contribution in [0.15, 0.2) is 42.5 Å². The number of carbonyl (C=O) groups excluding carboxylic acids is 1. The third-order valence-electron chi connectivity index (χ3n) is 4.46. The van der Waals surface area contributed by atoms with Gasteiger partial charge in [-0.25, -0.2) is 4.39 Å². The summed E-state index contributed by atoms with van der Waals surface area (Å²) in [6.07, 6.45) is 2.65. The maximum Gasteiger partial charge on any atom is 0.239 e. The van der Waals surface area contributed by atoms with Crippen molar-refractivity contribution in [2.45, 2.75) is 26.2 Å². The average Bonchev–Trinajstić information content (AvgIpc) is 2.56. The highest BCUT2D eigenvalue weighted by Crippen LogP contribution is 2.27. The molecule has 0 aliphatic carbocycles. The zero-order valence-corrected chi connectivity index (χ0v) is 14.0. The molecule has 3 nitrogen and oxygen atoms in total. The largest absolute Gasteiger partial charge is 0.362 e. The van der Waals surface area contributed by atoms with Crippen molar-refractivity contribution in [3.8, 4) is 0 Å². The van der Waals surface area contributed by atoms with Gasteiger partial charge in [-0.3, -0.25) is 4.79 Å².